The van der Waals surface area contributed by atoms with Crippen molar-refractivity contribution < 1.29 is 8.42 Å². The highest BCUT2D eigenvalue weighted by atomic mass is 79.9. The predicted molar refractivity (Wildman–Crippen MR) is 72.8 cm³/mol. The molecule has 1 aromatic heterocycles. The third-order valence-corrected chi connectivity index (χ3v) is 4.34. The van der Waals surface area contributed by atoms with Crippen molar-refractivity contribution in [1.29, 1.82) is 0 Å². The molecule has 18 heavy (non-hydrogen) atoms. The molecule has 0 amide bonds. The Kier molecular flexibility index (Phi) is 3.95. The Labute approximate surface area is 116 Å². The summed E-state index contributed by atoms with van der Waals surface area (Å²) in [5.74, 6) is 0. The summed E-state index contributed by atoms with van der Waals surface area (Å²) in [5.41, 5.74) is 0.925. The minimum Gasteiger partial charge on any atom is -0.356 e. The summed E-state index contributed by atoms with van der Waals surface area (Å²) in [5, 5.41) is 16.5. The molecule has 0 fully saturated rings. The number of benzene rings is 1. The average Bonchev–Trinajstić information content (AvgIpc) is 2.72. The van der Waals surface area contributed by atoms with Crippen LogP contribution in [0.3, 0.4) is 0 Å². The summed E-state index contributed by atoms with van der Waals surface area (Å²) in [6, 6.07) is 6.34. The number of rotatable bonds is 4. The molecule has 1 aromatic carbocycles. The second-order valence-corrected chi connectivity index (χ2v) is 7.22. The summed E-state index contributed by atoms with van der Waals surface area (Å²) < 4.78 is 22.8. The summed E-state index contributed by atoms with van der Waals surface area (Å²) in [4.78, 5) is 0.102. The fourth-order valence-corrected chi connectivity index (χ4v) is 2.77. The maximum absolute atomic E-state index is 11.1. The van der Waals surface area contributed by atoms with Gasteiger partial charge in [-0.3, -0.25) is 0 Å². The highest BCUT2D eigenvalue weighted by Gasteiger charge is 2.07. The molecule has 3 N–H and O–H groups in total. The van der Waals surface area contributed by atoms with Gasteiger partial charge in [0.15, 0.2) is 3.92 Å². The average molecular weight is 349 g/mol. The molecule has 1 heterocycles. The highest BCUT2D eigenvalue weighted by molar-refractivity contribution is 9.11. The van der Waals surface area contributed by atoms with Gasteiger partial charge in [0, 0.05) is 6.54 Å². The first-order chi connectivity index (χ1) is 8.45. The Balaban J connectivity index is 2.03. The second kappa shape index (κ2) is 5.31. The van der Waals surface area contributed by atoms with E-state index in [0.717, 1.165) is 5.56 Å². The van der Waals surface area contributed by atoms with E-state index >= 15 is 0 Å². The highest BCUT2D eigenvalue weighted by Crippen LogP contribution is 2.20. The number of aromatic nitrogens is 2. The van der Waals surface area contributed by atoms with E-state index in [2.05, 4.69) is 31.4 Å². The molecule has 0 bridgehead atoms. The zero-order chi connectivity index (χ0) is 13.2. The summed E-state index contributed by atoms with van der Waals surface area (Å²) in [7, 11) is -3.63. The van der Waals surface area contributed by atoms with Crippen LogP contribution >= 0.6 is 27.3 Å². The third-order valence-electron chi connectivity index (χ3n) is 2.10. The molecule has 0 unspecified atom stereocenters. The minimum absolute atomic E-state index is 0.102. The molecule has 0 radical (unpaired) electrons. The fourth-order valence-electron chi connectivity index (χ4n) is 1.25. The molecular weight excluding hydrogens is 340 g/mol. The van der Waals surface area contributed by atoms with Gasteiger partial charge in [0.05, 0.1) is 4.90 Å². The van der Waals surface area contributed by atoms with E-state index in [4.69, 9.17) is 5.14 Å². The molecule has 0 aliphatic heterocycles. The molecule has 2 rings (SSSR count). The molecular formula is C9H9BrN4O2S2. The van der Waals surface area contributed by atoms with Crippen molar-refractivity contribution in [3.63, 3.8) is 0 Å². The van der Waals surface area contributed by atoms with Crippen molar-refractivity contribution in [1.82, 2.24) is 10.2 Å². The van der Waals surface area contributed by atoms with Gasteiger partial charge < -0.3 is 5.32 Å². The van der Waals surface area contributed by atoms with Crippen molar-refractivity contribution in [2.24, 2.45) is 5.14 Å². The molecule has 0 aliphatic rings. The third kappa shape index (κ3) is 3.48. The van der Waals surface area contributed by atoms with Crippen LogP contribution in [-0.2, 0) is 16.6 Å². The number of sulfonamides is 1. The SMILES string of the molecule is NS(=O)(=O)c1ccc(CNc2nnc(Br)s2)cc1. The van der Waals surface area contributed by atoms with Crippen molar-refractivity contribution in [3.05, 3.63) is 33.7 Å². The van der Waals surface area contributed by atoms with Gasteiger partial charge in [-0.2, -0.15) is 0 Å². The number of anilines is 1. The number of hydrogen-bond acceptors (Lipinski definition) is 6. The monoisotopic (exact) mass is 348 g/mol. The normalized spacial score (nSPS) is 11.4. The van der Waals surface area contributed by atoms with Crippen LogP contribution < -0.4 is 10.5 Å². The van der Waals surface area contributed by atoms with Crippen LogP contribution in [0, 0.1) is 0 Å². The number of nitrogens with one attached hydrogen (secondary N) is 1. The van der Waals surface area contributed by atoms with Crippen LogP contribution in [0.2, 0.25) is 0 Å². The van der Waals surface area contributed by atoms with Crippen molar-refractivity contribution >= 4 is 42.4 Å². The Hall–Kier alpha value is -1.03. The standard InChI is InChI=1S/C9H9BrN4O2S2/c10-8-13-14-9(17-8)12-5-6-1-3-7(4-2-6)18(11,15)16/h1-4H,5H2,(H,12,14)(H2,11,15,16). The molecule has 0 saturated carbocycles. The largest absolute Gasteiger partial charge is 0.356 e. The van der Waals surface area contributed by atoms with Crippen LogP contribution in [0.25, 0.3) is 0 Å². The van der Waals surface area contributed by atoms with E-state index in [9.17, 15) is 8.42 Å². The first-order valence-corrected chi connectivity index (χ1v) is 7.95. The summed E-state index contributed by atoms with van der Waals surface area (Å²) >= 11 is 4.60. The molecule has 0 spiro atoms. The van der Waals surface area contributed by atoms with Gasteiger partial charge >= 0.3 is 0 Å². The number of nitrogens with zero attached hydrogens (tertiary/aromatic N) is 2. The minimum atomic E-state index is -3.63. The van der Waals surface area contributed by atoms with Gasteiger partial charge in [0.25, 0.3) is 0 Å². The molecule has 2 aromatic rings. The molecule has 0 atom stereocenters. The Morgan fingerprint density at radius 2 is 1.94 bits per heavy atom. The van der Waals surface area contributed by atoms with Gasteiger partial charge in [-0.1, -0.05) is 23.5 Å². The van der Waals surface area contributed by atoms with Gasteiger partial charge in [0.2, 0.25) is 15.2 Å². The first kappa shape index (κ1) is 13.4. The van der Waals surface area contributed by atoms with Crippen LogP contribution in [0.1, 0.15) is 5.56 Å². The van der Waals surface area contributed by atoms with Crippen LogP contribution in [0.4, 0.5) is 5.13 Å². The van der Waals surface area contributed by atoms with Gasteiger partial charge in [-0.05, 0) is 33.6 Å². The number of nitrogens with two attached hydrogens (primary N) is 1. The lowest BCUT2D eigenvalue weighted by Gasteiger charge is -2.03. The first-order valence-electron chi connectivity index (χ1n) is 4.80. The number of halogens is 1. The summed E-state index contributed by atoms with van der Waals surface area (Å²) in [6.07, 6.45) is 0. The number of hydrogen-bond donors (Lipinski definition) is 2. The number of primary sulfonamides is 1. The maximum atomic E-state index is 11.1. The predicted octanol–water partition coefficient (Wildman–Crippen LogP) is 1.56. The Morgan fingerprint density at radius 3 is 2.44 bits per heavy atom. The van der Waals surface area contributed by atoms with E-state index in [0.29, 0.717) is 15.6 Å². The van der Waals surface area contributed by atoms with E-state index in [-0.39, 0.29) is 4.90 Å². The molecule has 0 saturated heterocycles. The topological polar surface area (TPSA) is 98.0 Å². The Morgan fingerprint density at radius 1 is 1.28 bits per heavy atom. The van der Waals surface area contributed by atoms with Crippen LogP contribution in [0.5, 0.6) is 0 Å². The smallest absolute Gasteiger partial charge is 0.238 e. The van der Waals surface area contributed by atoms with E-state index < -0.39 is 10.0 Å². The quantitative estimate of drug-likeness (QED) is 0.873. The molecule has 9 heteroatoms. The van der Waals surface area contributed by atoms with Crippen molar-refractivity contribution in [2.75, 3.05) is 5.32 Å². The molecule has 96 valence electrons. The Bertz CT molecular complexity index is 639. The van der Waals surface area contributed by atoms with Crippen LogP contribution in [-0.4, -0.2) is 18.6 Å². The van der Waals surface area contributed by atoms with Crippen molar-refractivity contribution in [3.8, 4) is 0 Å². The van der Waals surface area contributed by atoms with E-state index in [1.807, 2.05) is 0 Å². The lowest BCUT2D eigenvalue weighted by Crippen LogP contribution is -2.12. The molecule has 0 aliphatic carbocycles. The fraction of sp³-hybridized carbons (Fsp3) is 0.111. The van der Waals surface area contributed by atoms with Gasteiger partial charge in [0.1, 0.15) is 0 Å². The van der Waals surface area contributed by atoms with Gasteiger partial charge in [-0.25, -0.2) is 13.6 Å². The second-order valence-electron chi connectivity index (χ2n) is 3.40. The zero-order valence-electron chi connectivity index (χ0n) is 9.00. The maximum Gasteiger partial charge on any atom is 0.238 e. The van der Waals surface area contributed by atoms with Crippen molar-refractivity contribution in [2.45, 2.75) is 11.4 Å². The van der Waals surface area contributed by atoms with E-state index in [1.54, 1.807) is 12.1 Å². The summed E-state index contributed by atoms with van der Waals surface area (Å²) in [6.45, 7) is 0.534. The van der Waals surface area contributed by atoms with Gasteiger partial charge in [-0.15, -0.1) is 10.2 Å². The molecule has 6 nitrogen and oxygen atoms in total. The van der Waals surface area contributed by atoms with Crippen LogP contribution in [0.15, 0.2) is 33.1 Å². The lowest BCUT2D eigenvalue weighted by atomic mass is 10.2. The van der Waals surface area contributed by atoms with E-state index in [1.165, 1.54) is 23.5 Å². The lowest BCUT2D eigenvalue weighted by molar-refractivity contribution is 0.598. The zero-order valence-corrected chi connectivity index (χ0v) is 12.2.